The maximum absolute atomic E-state index is 14.1. The molecule has 15 heteroatoms. The number of nitrogens with zero attached hydrogens (tertiary/aromatic N) is 3. The molecule has 0 bridgehead atoms. The van der Waals surface area contributed by atoms with Crippen LogP contribution in [0.3, 0.4) is 0 Å². The highest BCUT2D eigenvalue weighted by atomic mass is 31.2. The van der Waals surface area contributed by atoms with Gasteiger partial charge in [0.2, 0.25) is 5.95 Å². The fourth-order valence-electron chi connectivity index (χ4n) is 4.01. The Labute approximate surface area is 232 Å². The van der Waals surface area contributed by atoms with Crippen LogP contribution in [0.4, 0.5) is 5.95 Å². The first-order valence-electron chi connectivity index (χ1n) is 13.2. The minimum atomic E-state index is -4.53. The van der Waals surface area contributed by atoms with Gasteiger partial charge in [0, 0.05) is 0 Å². The number of aliphatic hydroxyl groups excluding tert-OH is 1. The van der Waals surface area contributed by atoms with Crippen molar-refractivity contribution in [1.82, 2.24) is 19.5 Å². The summed E-state index contributed by atoms with van der Waals surface area (Å²) in [7, 11) is -4.53. The molecule has 14 nitrogen and oxygen atoms in total. The topological polar surface area (TPSA) is 207 Å². The van der Waals surface area contributed by atoms with Crippen molar-refractivity contribution in [3.05, 3.63) is 47.0 Å². The van der Waals surface area contributed by atoms with E-state index in [4.69, 9.17) is 39.2 Å². The molecule has 1 saturated heterocycles. The number of benzene rings is 1. The zero-order valence-electron chi connectivity index (χ0n) is 23.9. The van der Waals surface area contributed by atoms with Crippen LogP contribution in [-0.2, 0) is 23.4 Å². The van der Waals surface area contributed by atoms with Gasteiger partial charge in [-0.15, -0.1) is 6.42 Å². The quantitative estimate of drug-likeness (QED) is 0.152. The number of ether oxygens (including phenoxy) is 2. The Hall–Kier alpha value is -3.73. The summed E-state index contributed by atoms with van der Waals surface area (Å²) in [5, 5.41) is 11.2. The van der Waals surface area contributed by atoms with Crippen LogP contribution < -0.4 is 21.6 Å². The van der Waals surface area contributed by atoms with Crippen molar-refractivity contribution in [2.75, 3.05) is 18.5 Å². The summed E-state index contributed by atoms with van der Waals surface area (Å²) in [5.41, 5.74) is 8.99. The fourth-order valence-corrected chi connectivity index (χ4v) is 5.72. The summed E-state index contributed by atoms with van der Waals surface area (Å²) in [5.74, 6) is 0.296. The average molecular weight is 577 g/mol. The summed E-state index contributed by atoms with van der Waals surface area (Å²) >= 11 is 0. The van der Waals surface area contributed by atoms with Gasteiger partial charge >= 0.3 is 13.6 Å². The molecule has 0 saturated carbocycles. The third kappa shape index (κ3) is 5.89. The SMILES string of the molecule is [2H]C([2H])(O[P@@](=O)(C[C@@H](C)C(=O)OC(C)C)Oc1ccccc1)[C@H]1O[C@@H](n2cnc3c(=O)[nH]c(N)nc32)C(N)(C#C)[C@H]1O. The van der Waals surface area contributed by atoms with Gasteiger partial charge in [-0.1, -0.05) is 31.0 Å². The number of aromatic amines is 1. The summed E-state index contributed by atoms with van der Waals surface area (Å²) < 4.78 is 54.7. The van der Waals surface area contributed by atoms with Gasteiger partial charge in [-0.05, 0) is 26.0 Å². The molecule has 1 unspecified atom stereocenters. The number of fused-ring (bicyclic) bond motifs is 1. The van der Waals surface area contributed by atoms with Crippen molar-refractivity contribution in [3.8, 4) is 18.1 Å². The molecule has 3 aromatic rings. The second kappa shape index (κ2) is 11.4. The highest BCUT2D eigenvalue weighted by Gasteiger charge is 2.55. The number of hydrogen-bond donors (Lipinski definition) is 4. The van der Waals surface area contributed by atoms with Gasteiger partial charge < -0.3 is 30.6 Å². The molecule has 214 valence electrons. The molecule has 6 N–H and O–H groups in total. The molecular weight excluding hydrogens is 543 g/mol. The molecule has 0 spiro atoms. The van der Waals surface area contributed by atoms with Crippen molar-refractivity contribution in [1.29, 1.82) is 0 Å². The molecule has 0 aliphatic carbocycles. The van der Waals surface area contributed by atoms with Gasteiger partial charge in [-0.2, -0.15) is 4.98 Å². The number of para-hydroxylation sites is 1. The van der Waals surface area contributed by atoms with Crippen LogP contribution in [-0.4, -0.2) is 67.2 Å². The minimum absolute atomic E-state index is 0.0717. The Morgan fingerprint density at radius 1 is 1.40 bits per heavy atom. The summed E-state index contributed by atoms with van der Waals surface area (Å²) in [6.07, 6.45) is 0.318. The van der Waals surface area contributed by atoms with Gasteiger partial charge in [-0.25, -0.2) is 9.55 Å². The number of nitrogen functional groups attached to an aromatic ring is 1. The molecule has 1 fully saturated rings. The van der Waals surface area contributed by atoms with Crippen LogP contribution in [0.1, 0.15) is 29.7 Å². The molecule has 3 heterocycles. The lowest BCUT2D eigenvalue weighted by Crippen LogP contribution is -2.53. The standard InChI is InChI=1S/C25H31N6O8P/c1-5-25(27)19(32)17(38-23(25)31-13-28-18-20(31)29-24(26)30-21(18)33)11-36-40(35,39-16-9-7-6-8-10-16)12-15(4)22(34)37-14(2)3/h1,6-10,13-15,17,19,23,32H,11-12,27H2,2-4H3,(H3,26,29,30,33)/t15-,17-,19+,23-,25?,40+/m1/s1/i11D2. The van der Waals surface area contributed by atoms with Crippen LogP contribution in [0.5, 0.6) is 5.75 Å². The molecule has 40 heavy (non-hydrogen) atoms. The number of terminal acetylenes is 1. The molecule has 0 radical (unpaired) electrons. The lowest BCUT2D eigenvalue weighted by atomic mass is 9.92. The molecule has 2 aromatic heterocycles. The Morgan fingerprint density at radius 3 is 2.75 bits per heavy atom. The first-order chi connectivity index (χ1) is 19.6. The highest BCUT2D eigenvalue weighted by molar-refractivity contribution is 7.54. The number of nitrogens with one attached hydrogen (secondary N) is 1. The van der Waals surface area contributed by atoms with E-state index in [9.17, 15) is 19.3 Å². The van der Waals surface area contributed by atoms with E-state index in [0.29, 0.717) is 0 Å². The van der Waals surface area contributed by atoms with Gasteiger partial charge in [0.05, 0.1) is 33.8 Å². The predicted molar refractivity (Wildman–Crippen MR) is 144 cm³/mol. The number of aromatic nitrogens is 4. The van der Waals surface area contributed by atoms with Crippen molar-refractivity contribution < 1.29 is 35.7 Å². The number of carbonyl (C=O) groups is 1. The average Bonchev–Trinajstić information content (AvgIpc) is 3.42. The van der Waals surface area contributed by atoms with E-state index in [2.05, 4.69) is 20.9 Å². The third-order valence-corrected chi connectivity index (χ3v) is 7.83. The van der Waals surface area contributed by atoms with Gasteiger partial charge in [0.1, 0.15) is 18.0 Å². The van der Waals surface area contributed by atoms with Crippen LogP contribution in [0, 0.1) is 18.3 Å². The monoisotopic (exact) mass is 576 g/mol. The largest absolute Gasteiger partial charge is 0.463 e. The Balaban J connectivity index is 1.69. The van der Waals surface area contributed by atoms with Gasteiger partial charge in [-0.3, -0.25) is 23.7 Å². The molecule has 1 aliphatic heterocycles. The third-order valence-electron chi connectivity index (χ3n) is 5.96. The lowest BCUT2D eigenvalue weighted by Gasteiger charge is -2.27. The van der Waals surface area contributed by atoms with Gasteiger partial charge in [0.15, 0.2) is 22.9 Å². The van der Waals surface area contributed by atoms with Crippen molar-refractivity contribution in [2.45, 2.75) is 50.8 Å². The van der Waals surface area contributed by atoms with Crippen LogP contribution >= 0.6 is 7.60 Å². The minimum Gasteiger partial charge on any atom is -0.463 e. The first-order valence-corrected chi connectivity index (χ1v) is 13.9. The first kappa shape index (κ1) is 26.5. The van der Waals surface area contributed by atoms with E-state index in [1.54, 1.807) is 32.0 Å². The second-order valence-electron chi connectivity index (χ2n) is 9.50. The van der Waals surface area contributed by atoms with E-state index in [0.717, 1.165) is 10.9 Å². The molecule has 6 atom stereocenters. The number of imidazole rings is 1. The fraction of sp³-hybridized carbons (Fsp3) is 0.440. The highest BCUT2D eigenvalue weighted by Crippen LogP contribution is 2.51. The van der Waals surface area contributed by atoms with Crippen LogP contribution in [0.25, 0.3) is 11.2 Å². The molecule has 0 amide bonds. The number of nitrogens with two attached hydrogens (primary N) is 2. The second-order valence-corrected chi connectivity index (χ2v) is 11.5. The maximum Gasteiger partial charge on any atom is 0.380 e. The maximum atomic E-state index is 14.1. The molecule has 1 aliphatic rings. The number of hydrogen-bond acceptors (Lipinski definition) is 12. The summed E-state index contributed by atoms with van der Waals surface area (Å²) in [6.45, 7) is 1.64. The number of rotatable bonds is 10. The van der Waals surface area contributed by atoms with E-state index in [-0.39, 0.29) is 22.9 Å². The Kier molecular flexibility index (Phi) is 7.55. The van der Waals surface area contributed by atoms with E-state index in [1.807, 2.05) is 0 Å². The Bertz CT molecular complexity index is 1610. The van der Waals surface area contributed by atoms with Crippen LogP contribution in [0.15, 0.2) is 41.5 Å². The summed E-state index contributed by atoms with van der Waals surface area (Å²) in [6, 6.07) is 7.80. The lowest BCUT2D eigenvalue weighted by molar-refractivity contribution is -0.151. The van der Waals surface area contributed by atoms with E-state index in [1.165, 1.54) is 19.1 Å². The molecular formula is C25H31N6O8P. The summed E-state index contributed by atoms with van der Waals surface area (Å²) in [4.78, 5) is 35.1. The van der Waals surface area contributed by atoms with Crippen LogP contribution in [0.2, 0.25) is 0 Å². The molecule has 4 rings (SSSR count). The number of esters is 1. The number of carbonyl (C=O) groups excluding carboxylic acids is 1. The Morgan fingerprint density at radius 2 is 2.10 bits per heavy atom. The number of aliphatic hydroxyl groups is 1. The zero-order valence-corrected chi connectivity index (χ0v) is 22.8. The normalized spacial score (nSPS) is 26.0. The number of anilines is 1. The molecule has 1 aromatic carbocycles. The van der Waals surface area contributed by atoms with Crippen molar-refractivity contribution >= 4 is 30.7 Å². The van der Waals surface area contributed by atoms with E-state index < -0.39 is 67.8 Å². The van der Waals surface area contributed by atoms with Crippen molar-refractivity contribution in [3.63, 3.8) is 0 Å². The predicted octanol–water partition coefficient (Wildman–Crippen LogP) is 1.17. The number of H-pyrrole nitrogens is 1. The smallest absolute Gasteiger partial charge is 0.380 e. The van der Waals surface area contributed by atoms with Crippen molar-refractivity contribution in [2.24, 2.45) is 11.7 Å². The van der Waals surface area contributed by atoms with Gasteiger partial charge in [0.25, 0.3) is 5.56 Å². The van der Waals surface area contributed by atoms with E-state index >= 15 is 0 Å². The zero-order chi connectivity index (χ0) is 31.0.